The number of hydrogen-bond acceptors (Lipinski definition) is 5. The van der Waals surface area contributed by atoms with Crippen molar-refractivity contribution in [3.8, 4) is 0 Å². The van der Waals surface area contributed by atoms with Crippen molar-refractivity contribution >= 4 is 11.8 Å². The molecule has 0 heterocycles. The normalized spacial score (nSPS) is 43.9. The van der Waals surface area contributed by atoms with E-state index in [1.54, 1.807) is 0 Å². The van der Waals surface area contributed by atoms with Crippen molar-refractivity contribution in [3.63, 3.8) is 0 Å². The van der Waals surface area contributed by atoms with Crippen molar-refractivity contribution in [1.29, 1.82) is 0 Å². The topological polar surface area (TPSA) is 83.8 Å². The smallest absolute Gasteiger partial charge is 0.305 e. The highest BCUT2D eigenvalue weighted by Crippen LogP contribution is 2.68. The van der Waals surface area contributed by atoms with Crippen molar-refractivity contribution in [2.24, 2.45) is 34.5 Å². The number of carbonyl (C=O) groups is 2. The fourth-order valence-corrected chi connectivity index (χ4v) is 7.03. The highest BCUT2D eigenvalue weighted by atomic mass is 16.5. The maximum absolute atomic E-state index is 13.2. The molecule has 4 fully saturated rings. The van der Waals surface area contributed by atoms with E-state index >= 15 is 0 Å². The molecule has 2 bridgehead atoms. The van der Waals surface area contributed by atoms with E-state index in [-0.39, 0.29) is 47.3 Å². The second kappa shape index (κ2) is 6.70. The number of ether oxygens (including phenoxy) is 1. The first-order valence-corrected chi connectivity index (χ1v) is 10.2. The van der Waals surface area contributed by atoms with Crippen LogP contribution >= 0.6 is 0 Å². The molecule has 0 aromatic rings. The highest BCUT2D eigenvalue weighted by Gasteiger charge is 2.68. The summed E-state index contributed by atoms with van der Waals surface area (Å²) in [5.41, 5.74) is -1.84. The standard InChI is InChI=1S/C22H34O5/c1-6-13-12-22-10-7-15(20(2,3)26)21(4,9-8-17(23)27-5)16(22)11-14(13)18(24)19(22)25/h6,13-16,18,24,26H,1,7-12H2,2-5H3/t13?,14-,15+,16-,18+,21+,22-/m0/s1. The monoisotopic (exact) mass is 378 g/mol. The van der Waals surface area contributed by atoms with E-state index in [2.05, 4.69) is 13.5 Å². The summed E-state index contributed by atoms with van der Waals surface area (Å²) in [6.07, 6.45) is 4.71. The number of carbonyl (C=O) groups excluding carboxylic acids is 2. The lowest BCUT2D eigenvalue weighted by Gasteiger charge is -2.66. The van der Waals surface area contributed by atoms with Crippen LogP contribution in [0.25, 0.3) is 0 Å². The predicted octanol–water partition coefficient (Wildman–Crippen LogP) is 2.89. The van der Waals surface area contributed by atoms with Gasteiger partial charge in [-0.3, -0.25) is 9.59 Å². The van der Waals surface area contributed by atoms with Gasteiger partial charge in [-0.15, -0.1) is 6.58 Å². The summed E-state index contributed by atoms with van der Waals surface area (Å²) in [7, 11) is 1.39. The van der Waals surface area contributed by atoms with Gasteiger partial charge in [0.1, 0.15) is 6.10 Å². The van der Waals surface area contributed by atoms with Crippen molar-refractivity contribution in [2.45, 2.75) is 71.0 Å². The second-order valence-corrected chi connectivity index (χ2v) is 9.85. The zero-order valence-corrected chi connectivity index (χ0v) is 17.0. The number of allylic oxidation sites excluding steroid dienone is 1. The molecule has 4 aliphatic carbocycles. The van der Waals surface area contributed by atoms with E-state index < -0.39 is 17.1 Å². The molecule has 152 valence electrons. The minimum absolute atomic E-state index is 0.0169. The van der Waals surface area contributed by atoms with Crippen LogP contribution in [0.15, 0.2) is 12.7 Å². The molecule has 4 rings (SSSR count). The third kappa shape index (κ3) is 2.98. The summed E-state index contributed by atoms with van der Waals surface area (Å²) in [5.74, 6) is -0.215. The summed E-state index contributed by atoms with van der Waals surface area (Å²) >= 11 is 0. The molecule has 2 N–H and O–H groups in total. The lowest BCUT2D eigenvalue weighted by Crippen LogP contribution is -2.67. The van der Waals surface area contributed by atoms with Crippen LogP contribution in [0.2, 0.25) is 0 Å². The Morgan fingerprint density at radius 2 is 2.11 bits per heavy atom. The van der Waals surface area contributed by atoms with Gasteiger partial charge in [0.2, 0.25) is 0 Å². The maximum Gasteiger partial charge on any atom is 0.305 e. The summed E-state index contributed by atoms with van der Waals surface area (Å²) in [6.45, 7) is 9.73. The fraction of sp³-hybridized carbons (Fsp3) is 0.818. The number of ketones is 1. The van der Waals surface area contributed by atoms with Crippen LogP contribution in [0.5, 0.6) is 0 Å². The Balaban J connectivity index is 2.03. The Morgan fingerprint density at radius 3 is 2.67 bits per heavy atom. The van der Waals surface area contributed by atoms with Crippen LogP contribution in [0.3, 0.4) is 0 Å². The number of aliphatic hydroxyl groups is 2. The summed E-state index contributed by atoms with van der Waals surface area (Å²) in [5, 5.41) is 21.5. The summed E-state index contributed by atoms with van der Waals surface area (Å²) in [4.78, 5) is 25.1. The van der Waals surface area contributed by atoms with E-state index in [0.717, 1.165) is 12.8 Å². The summed E-state index contributed by atoms with van der Waals surface area (Å²) < 4.78 is 4.85. The van der Waals surface area contributed by atoms with Crippen LogP contribution < -0.4 is 0 Å². The van der Waals surface area contributed by atoms with Gasteiger partial charge in [-0.2, -0.15) is 0 Å². The quantitative estimate of drug-likeness (QED) is 0.568. The van der Waals surface area contributed by atoms with Gasteiger partial charge in [0.25, 0.3) is 0 Å². The molecular formula is C22H34O5. The van der Waals surface area contributed by atoms with Gasteiger partial charge in [0.15, 0.2) is 5.78 Å². The van der Waals surface area contributed by atoms with Crippen LogP contribution in [0.1, 0.15) is 59.3 Å². The molecule has 0 radical (unpaired) electrons. The molecule has 5 heteroatoms. The van der Waals surface area contributed by atoms with Gasteiger partial charge < -0.3 is 14.9 Å². The molecule has 7 atom stereocenters. The van der Waals surface area contributed by atoms with Crippen molar-refractivity contribution in [3.05, 3.63) is 12.7 Å². The lowest BCUT2D eigenvalue weighted by atomic mass is 9.38. The minimum atomic E-state index is -0.915. The number of esters is 1. The first-order valence-electron chi connectivity index (χ1n) is 10.2. The molecule has 4 aliphatic rings. The number of Topliss-reactive ketones (excluding diaryl/α,β-unsaturated/α-hetero) is 1. The molecule has 4 saturated carbocycles. The van der Waals surface area contributed by atoms with Crippen LogP contribution in [-0.2, 0) is 14.3 Å². The maximum atomic E-state index is 13.2. The zero-order valence-electron chi connectivity index (χ0n) is 17.0. The molecule has 27 heavy (non-hydrogen) atoms. The molecule has 1 unspecified atom stereocenters. The van der Waals surface area contributed by atoms with Gasteiger partial charge in [-0.1, -0.05) is 13.0 Å². The van der Waals surface area contributed by atoms with Gasteiger partial charge in [0.05, 0.1) is 12.7 Å². The van der Waals surface area contributed by atoms with E-state index in [0.29, 0.717) is 19.3 Å². The Morgan fingerprint density at radius 1 is 1.44 bits per heavy atom. The summed E-state index contributed by atoms with van der Waals surface area (Å²) in [6, 6.07) is 0. The molecular weight excluding hydrogens is 344 g/mol. The first kappa shape index (κ1) is 20.5. The second-order valence-electron chi connectivity index (χ2n) is 9.85. The SMILES string of the molecule is C=CC1C[C@@]23CC[C@H](C(C)(C)O)[C@@](C)(CCC(=O)OC)[C@@H]2C[C@@H]1[C@@H](O)C3=O. The van der Waals surface area contributed by atoms with E-state index in [1.165, 1.54) is 7.11 Å². The van der Waals surface area contributed by atoms with E-state index in [9.17, 15) is 19.8 Å². The zero-order chi connectivity index (χ0) is 20.2. The average Bonchev–Trinajstić information content (AvgIpc) is 2.62. The van der Waals surface area contributed by atoms with Gasteiger partial charge in [0, 0.05) is 11.8 Å². The van der Waals surface area contributed by atoms with E-state index in [4.69, 9.17) is 4.74 Å². The van der Waals surface area contributed by atoms with Crippen LogP contribution in [0.4, 0.5) is 0 Å². The van der Waals surface area contributed by atoms with Crippen molar-refractivity contribution < 1.29 is 24.5 Å². The molecule has 0 saturated heterocycles. The Bertz CT molecular complexity index is 633. The van der Waals surface area contributed by atoms with Gasteiger partial charge in [-0.25, -0.2) is 0 Å². The number of methoxy groups -OCH3 is 1. The minimum Gasteiger partial charge on any atom is -0.469 e. The molecule has 5 nitrogen and oxygen atoms in total. The highest BCUT2D eigenvalue weighted by molar-refractivity contribution is 5.91. The average molecular weight is 379 g/mol. The number of aliphatic hydroxyl groups excluding tert-OH is 1. The van der Waals surface area contributed by atoms with Crippen LogP contribution in [-0.4, -0.2) is 40.8 Å². The molecule has 0 aliphatic heterocycles. The van der Waals surface area contributed by atoms with Gasteiger partial charge in [-0.05, 0) is 75.0 Å². The molecule has 0 aromatic carbocycles. The Kier molecular flexibility index (Phi) is 5.09. The fourth-order valence-electron chi connectivity index (χ4n) is 7.03. The lowest BCUT2D eigenvalue weighted by molar-refractivity contribution is -0.210. The molecule has 0 aromatic heterocycles. The van der Waals surface area contributed by atoms with Crippen molar-refractivity contribution in [2.75, 3.05) is 7.11 Å². The van der Waals surface area contributed by atoms with Crippen molar-refractivity contribution in [1.82, 2.24) is 0 Å². The third-order valence-corrected chi connectivity index (χ3v) is 8.21. The first-order chi connectivity index (χ1) is 12.5. The molecule has 0 amide bonds. The van der Waals surface area contributed by atoms with Crippen LogP contribution in [0, 0.1) is 34.5 Å². The Hall–Kier alpha value is -1.20. The van der Waals surface area contributed by atoms with E-state index in [1.807, 2.05) is 19.9 Å². The van der Waals surface area contributed by atoms with Gasteiger partial charge >= 0.3 is 5.97 Å². The third-order valence-electron chi connectivity index (χ3n) is 8.21. The predicted molar refractivity (Wildman–Crippen MR) is 102 cm³/mol. The number of rotatable bonds is 5. The largest absolute Gasteiger partial charge is 0.469 e. The molecule has 1 spiro atoms. The number of hydrogen-bond donors (Lipinski definition) is 2. The number of fused-ring (bicyclic) bond motifs is 2. The Labute approximate surface area is 162 Å².